The molecule has 0 atom stereocenters. The zero-order valence-electron chi connectivity index (χ0n) is 10.2. The van der Waals surface area contributed by atoms with Crippen LogP contribution in [0.25, 0.3) is 16.0 Å². The first-order chi connectivity index (χ1) is 9.88. The van der Waals surface area contributed by atoms with Crippen LogP contribution in [0.5, 0.6) is 0 Å². The molecule has 3 rings (SSSR count). The van der Waals surface area contributed by atoms with Crippen LogP contribution in [0.15, 0.2) is 41.3 Å². The number of pyridine rings is 1. The van der Waals surface area contributed by atoms with Crippen LogP contribution in [-0.4, -0.2) is 9.55 Å². The van der Waals surface area contributed by atoms with Gasteiger partial charge in [0.1, 0.15) is 0 Å². The van der Waals surface area contributed by atoms with Crippen molar-refractivity contribution in [3.8, 4) is 5.82 Å². The van der Waals surface area contributed by atoms with Gasteiger partial charge in [0.15, 0.2) is 5.82 Å². The molecule has 0 saturated carbocycles. The SMILES string of the molecule is O=c1sc2ccccc2n1-c1ncc(C(F)(F)F)cc1Cl. The summed E-state index contributed by atoms with van der Waals surface area (Å²) in [6, 6.07) is 7.69. The molecule has 0 amide bonds. The third-order valence-corrected chi connectivity index (χ3v) is 4.05. The molecule has 3 aromatic rings. The average Bonchev–Trinajstić information content (AvgIpc) is 2.74. The van der Waals surface area contributed by atoms with Gasteiger partial charge in [0.05, 0.1) is 20.8 Å². The van der Waals surface area contributed by atoms with Gasteiger partial charge in [-0.3, -0.25) is 4.79 Å². The molecule has 0 spiro atoms. The number of para-hydroxylation sites is 1. The maximum atomic E-state index is 12.6. The molecular weight excluding hydrogens is 325 g/mol. The lowest BCUT2D eigenvalue weighted by Gasteiger charge is -2.09. The van der Waals surface area contributed by atoms with Gasteiger partial charge < -0.3 is 0 Å². The highest BCUT2D eigenvalue weighted by atomic mass is 35.5. The maximum Gasteiger partial charge on any atom is 0.417 e. The van der Waals surface area contributed by atoms with E-state index in [1.54, 1.807) is 24.3 Å². The Bertz CT molecular complexity index is 885. The largest absolute Gasteiger partial charge is 0.417 e. The Balaban J connectivity index is 2.25. The fourth-order valence-corrected chi connectivity index (χ4v) is 3.04. The van der Waals surface area contributed by atoms with Crippen LogP contribution in [0.4, 0.5) is 13.2 Å². The second-order valence-corrected chi connectivity index (χ2v) is 5.60. The summed E-state index contributed by atoms with van der Waals surface area (Å²) < 4.78 is 39.7. The van der Waals surface area contributed by atoms with Crippen molar-refractivity contribution in [1.82, 2.24) is 9.55 Å². The van der Waals surface area contributed by atoms with Gasteiger partial charge in [0.25, 0.3) is 0 Å². The van der Waals surface area contributed by atoms with Crippen molar-refractivity contribution in [2.45, 2.75) is 6.18 Å². The molecule has 2 heterocycles. The minimum Gasteiger partial charge on any atom is -0.256 e. The van der Waals surface area contributed by atoms with Gasteiger partial charge in [-0.25, -0.2) is 9.55 Å². The molecule has 0 fully saturated rings. The van der Waals surface area contributed by atoms with E-state index in [4.69, 9.17) is 11.6 Å². The first-order valence-electron chi connectivity index (χ1n) is 5.71. The van der Waals surface area contributed by atoms with Crippen molar-refractivity contribution in [2.24, 2.45) is 0 Å². The first-order valence-corrected chi connectivity index (χ1v) is 6.91. The van der Waals surface area contributed by atoms with E-state index in [1.165, 1.54) is 4.57 Å². The lowest BCUT2D eigenvalue weighted by Crippen LogP contribution is -2.14. The molecule has 108 valence electrons. The minimum absolute atomic E-state index is 0.00730. The molecule has 8 heteroatoms. The molecule has 0 saturated heterocycles. The van der Waals surface area contributed by atoms with Crippen molar-refractivity contribution >= 4 is 33.2 Å². The lowest BCUT2D eigenvalue weighted by atomic mass is 10.2. The van der Waals surface area contributed by atoms with Crippen LogP contribution in [0.2, 0.25) is 5.02 Å². The fourth-order valence-electron chi connectivity index (χ4n) is 1.92. The summed E-state index contributed by atoms with van der Waals surface area (Å²) in [5.41, 5.74) is -0.398. The number of halogens is 4. The van der Waals surface area contributed by atoms with Crippen LogP contribution in [0.3, 0.4) is 0 Å². The van der Waals surface area contributed by atoms with E-state index in [9.17, 15) is 18.0 Å². The number of hydrogen-bond donors (Lipinski definition) is 0. The van der Waals surface area contributed by atoms with Crippen molar-refractivity contribution in [3.05, 3.63) is 56.8 Å². The van der Waals surface area contributed by atoms with Gasteiger partial charge in [-0.05, 0) is 18.2 Å². The van der Waals surface area contributed by atoms with Crippen molar-refractivity contribution in [2.75, 3.05) is 0 Å². The summed E-state index contributed by atoms with van der Waals surface area (Å²) in [5.74, 6) is -0.00730. The average molecular weight is 331 g/mol. The molecular formula is C13H6ClF3N2OS. The predicted octanol–water partition coefficient (Wildman–Crippen LogP) is 4.12. The van der Waals surface area contributed by atoms with Crippen LogP contribution in [0, 0.1) is 0 Å². The smallest absolute Gasteiger partial charge is 0.256 e. The summed E-state index contributed by atoms with van der Waals surface area (Å²) in [5, 5.41) is -0.226. The van der Waals surface area contributed by atoms with Crippen LogP contribution >= 0.6 is 22.9 Å². The Kier molecular flexibility index (Phi) is 3.26. The van der Waals surface area contributed by atoms with Gasteiger partial charge in [-0.1, -0.05) is 35.1 Å². The molecule has 0 bridgehead atoms. The zero-order chi connectivity index (χ0) is 15.2. The fraction of sp³-hybridized carbons (Fsp3) is 0.0769. The van der Waals surface area contributed by atoms with Crippen molar-refractivity contribution in [1.29, 1.82) is 0 Å². The molecule has 0 radical (unpaired) electrons. The van der Waals surface area contributed by atoms with E-state index in [-0.39, 0.29) is 15.7 Å². The molecule has 0 unspecified atom stereocenters. The molecule has 3 nitrogen and oxygen atoms in total. The summed E-state index contributed by atoms with van der Waals surface area (Å²) in [6.07, 6.45) is -3.86. The molecule has 0 N–H and O–H groups in total. The van der Waals surface area contributed by atoms with Gasteiger partial charge in [0, 0.05) is 6.20 Å². The number of rotatable bonds is 1. The van der Waals surface area contributed by atoms with Crippen LogP contribution in [0.1, 0.15) is 5.56 Å². The Hall–Kier alpha value is -1.86. The summed E-state index contributed by atoms with van der Waals surface area (Å²) >= 11 is 6.86. The van der Waals surface area contributed by atoms with E-state index in [0.29, 0.717) is 16.4 Å². The number of aromatic nitrogens is 2. The molecule has 0 aliphatic carbocycles. The summed E-state index contributed by atoms with van der Waals surface area (Å²) in [6.45, 7) is 0. The van der Waals surface area contributed by atoms with Gasteiger partial charge in [-0.2, -0.15) is 13.2 Å². The van der Waals surface area contributed by atoms with Crippen molar-refractivity contribution < 1.29 is 13.2 Å². The number of hydrogen-bond acceptors (Lipinski definition) is 3. The van der Waals surface area contributed by atoms with Gasteiger partial charge in [-0.15, -0.1) is 0 Å². The Morgan fingerprint density at radius 1 is 1.24 bits per heavy atom. The Morgan fingerprint density at radius 3 is 2.62 bits per heavy atom. The molecule has 0 aliphatic heterocycles. The lowest BCUT2D eigenvalue weighted by molar-refractivity contribution is -0.137. The number of nitrogens with zero attached hydrogens (tertiary/aromatic N) is 2. The second kappa shape index (κ2) is 4.85. The number of alkyl halides is 3. The molecule has 2 aromatic heterocycles. The van der Waals surface area contributed by atoms with Crippen LogP contribution < -0.4 is 4.87 Å². The monoisotopic (exact) mass is 330 g/mol. The first kappa shape index (κ1) is 14.1. The predicted molar refractivity (Wildman–Crippen MR) is 75.2 cm³/mol. The normalized spacial score (nSPS) is 12.0. The number of benzene rings is 1. The molecule has 0 aliphatic rings. The standard InChI is InChI=1S/C13H6ClF3N2OS/c14-8-5-7(13(15,16)17)6-18-11(8)19-9-3-1-2-4-10(9)21-12(19)20/h1-6H. The van der Waals surface area contributed by atoms with E-state index in [1.807, 2.05) is 0 Å². The highest BCUT2D eigenvalue weighted by molar-refractivity contribution is 7.16. The molecule has 1 aromatic carbocycles. The second-order valence-electron chi connectivity index (χ2n) is 4.20. The Morgan fingerprint density at radius 2 is 1.95 bits per heavy atom. The topological polar surface area (TPSA) is 34.9 Å². The zero-order valence-corrected chi connectivity index (χ0v) is 11.8. The minimum atomic E-state index is -4.53. The van der Waals surface area contributed by atoms with Gasteiger partial charge >= 0.3 is 11.0 Å². The Labute approximate surface area is 125 Å². The van der Waals surface area contributed by atoms with Gasteiger partial charge in [0.2, 0.25) is 0 Å². The third kappa shape index (κ3) is 2.43. The number of thiazole rings is 1. The van der Waals surface area contributed by atoms with E-state index in [2.05, 4.69) is 4.98 Å². The third-order valence-electron chi connectivity index (χ3n) is 2.85. The number of fused-ring (bicyclic) bond motifs is 1. The summed E-state index contributed by atoms with van der Waals surface area (Å²) in [7, 11) is 0. The molecule has 21 heavy (non-hydrogen) atoms. The summed E-state index contributed by atoms with van der Waals surface area (Å²) in [4.78, 5) is 15.4. The quantitative estimate of drug-likeness (QED) is 0.672. The highest BCUT2D eigenvalue weighted by Crippen LogP contribution is 2.32. The van der Waals surface area contributed by atoms with E-state index >= 15 is 0 Å². The maximum absolute atomic E-state index is 12.6. The van der Waals surface area contributed by atoms with Crippen LogP contribution in [-0.2, 0) is 6.18 Å². The van der Waals surface area contributed by atoms with Crippen molar-refractivity contribution in [3.63, 3.8) is 0 Å². The van der Waals surface area contributed by atoms with E-state index in [0.717, 1.165) is 17.4 Å². The van der Waals surface area contributed by atoms with E-state index < -0.39 is 11.7 Å². The highest BCUT2D eigenvalue weighted by Gasteiger charge is 2.32.